The summed E-state index contributed by atoms with van der Waals surface area (Å²) in [5, 5.41) is 0. The SMILES string of the molecule is CCCS(=O)(=O)NC1CCN(Cc2cc3c(cc2OCC)CC(C)O3)CC1. The monoisotopic (exact) mass is 396 g/mol. The van der Waals surface area contributed by atoms with Crippen LogP contribution in [-0.4, -0.2) is 50.9 Å². The van der Waals surface area contributed by atoms with Crippen molar-refractivity contribution in [2.75, 3.05) is 25.4 Å². The first kappa shape index (κ1) is 20.4. The first-order valence-electron chi connectivity index (χ1n) is 10.1. The molecule has 2 aliphatic heterocycles. The van der Waals surface area contributed by atoms with Crippen molar-refractivity contribution in [3.63, 3.8) is 0 Å². The van der Waals surface area contributed by atoms with Crippen LogP contribution in [0.3, 0.4) is 0 Å². The smallest absolute Gasteiger partial charge is 0.211 e. The summed E-state index contributed by atoms with van der Waals surface area (Å²) in [6.45, 7) is 9.17. The Hall–Kier alpha value is -1.31. The van der Waals surface area contributed by atoms with E-state index in [1.807, 2.05) is 13.8 Å². The Morgan fingerprint density at radius 3 is 2.67 bits per heavy atom. The van der Waals surface area contributed by atoms with E-state index < -0.39 is 10.0 Å². The highest BCUT2D eigenvalue weighted by molar-refractivity contribution is 7.89. The van der Waals surface area contributed by atoms with Gasteiger partial charge in [-0.25, -0.2) is 13.1 Å². The largest absolute Gasteiger partial charge is 0.494 e. The molecule has 1 unspecified atom stereocenters. The maximum absolute atomic E-state index is 12.0. The summed E-state index contributed by atoms with van der Waals surface area (Å²) >= 11 is 0. The van der Waals surface area contributed by atoms with Crippen LogP contribution in [0.1, 0.15) is 51.2 Å². The van der Waals surface area contributed by atoms with Crippen LogP contribution in [0.25, 0.3) is 0 Å². The lowest BCUT2D eigenvalue weighted by molar-refractivity contribution is 0.196. The fourth-order valence-corrected chi connectivity index (χ4v) is 5.33. The number of nitrogens with zero attached hydrogens (tertiary/aromatic N) is 1. The normalized spacial score (nSPS) is 21.1. The number of fused-ring (bicyclic) bond motifs is 1. The lowest BCUT2D eigenvalue weighted by Gasteiger charge is -2.32. The molecule has 1 atom stereocenters. The second-order valence-electron chi connectivity index (χ2n) is 7.62. The van der Waals surface area contributed by atoms with Crippen molar-refractivity contribution in [3.8, 4) is 11.5 Å². The van der Waals surface area contributed by atoms with Crippen LogP contribution in [0.15, 0.2) is 12.1 Å². The molecule has 0 radical (unpaired) electrons. The molecular weight excluding hydrogens is 364 g/mol. The third-order valence-electron chi connectivity index (χ3n) is 5.18. The number of rotatable bonds is 8. The van der Waals surface area contributed by atoms with Crippen LogP contribution in [0.5, 0.6) is 11.5 Å². The van der Waals surface area contributed by atoms with Gasteiger partial charge >= 0.3 is 0 Å². The zero-order valence-corrected chi connectivity index (χ0v) is 17.5. The van der Waals surface area contributed by atoms with Gasteiger partial charge in [0.05, 0.1) is 12.4 Å². The van der Waals surface area contributed by atoms with E-state index in [1.54, 1.807) is 0 Å². The van der Waals surface area contributed by atoms with E-state index in [0.29, 0.717) is 13.0 Å². The molecule has 0 saturated carbocycles. The van der Waals surface area contributed by atoms with Gasteiger partial charge in [0.25, 0.3) is 0 Å². The van der Waals surface area contributed by atoms with Gasteiger partial charge in [-0.1, -0.05) is 6.92 Å². The van der Waals surface area contributed by atoms with Crippen LogP contribution in [0.4, 0.5) is 0 Å². The van der Waals surface area contributed by atoms with E-state index in [1.165, 1.54) is 5.56 Å². The zero-order valence-electron chi connectivity index (χ0n) is 16.7. The fourth-order valence-electron chi connectivity index (χ4n) is 3.93. The molecule has 27 heavy (non-hydrogen) atoms. The Bertz CT molecular complexity index is 743. The van der Waals surface area contributed by atoms with Gasteiger partial charge in [-0.05, 0) is 45.2 Å². The molecule has 2 aliphatic rings. The number of nitrogens with one attached hydrogen (secondary N) is 1. The number of hydrogen-bond donors (Lipinski definition) is 1. The number of hydrogen-bond acceptors (Lipinski definition) is 5. The van der Waals surface area contributed by atoms with Gasteiger partial charge in [-0.15, -0.1) is 0 Å². The van der Waals surface area contributed by atoms with E-state index in [0.717, 1.165) is 56.0 Å². The van der Waals surface area contributed by atoms with E-state index in [2.05, 4.69) is 28.7 Å². The Morgan fingerprint density at radius 1 is 1.26 bits per heavy atom. The topological polar surface area (TPSA) is 67.9 Å². The van der Waals surface area contributed by atoms with Gasteiger partial charge in [0, 0.05) is 43.2 Å². The maximum atomic E-state index is 12.0. The quantitative estimate of drug-likeness (QED) is 0.732. The summed E-state index contributed by atoms with van der Waals surface area (Å²) in [5.74, 6) is 2.13. The average molecular weight is 397 g/mol. The molecule has 0 bridgehead atoms. The molecule has 0 amide bonds. The van der Waals surface area contributed by atoms with Gasteiger partial charge in [0.1, 0.15) is 17.6 Å². The number of sulfonamides is 1. The molecule has 6 nitrogen and oxygen atoms in total. The molecule has 3 rings (SSSR count). The molecular formula is C20H32N2O4S. The summed E-state index contributed by atoms with van der Waals surface area (Å²) in [7, 11) is -3.14. The Morgan fingerprint density at radius 2 is 2.00 bits per heavy atom. The zero-order chi connectivity index (χ0) is 19.4. The van der Waals surface area contributed by atoms with Crippen molar-refractivity contribution >= 4 is 10.0 Å². The van der Waals surface area contributed by atoms with Crippen molar-refractivity contribution in [2.45, 2.75) is 65.1 Å². The minimum Gasteiger partial charge on any atom is -0.494 e. The number of likely N-dealkylation sites (tertiary alicyclic amines) is 1. The maximum Gasteiger partial charge on any atom is 0.211 e. The second kappa shape index (κ2) is 8.80. The van der Waals surface area contributed by atoms with Gasteiger partial charge in [-0.3, -0.25) is 4.90 Å². The lowest BCUT2D eigenvalue weighted by Crippen LogP contribution is -2.44. The van der Waals surface area contributed by atoms with Crippen LogP contribution in [-0.2, 0) is 23.0 Å². The summed E-state index contributed by atoms with van der Waals surface area (Å²) in [5.41, 5.74) is 2.37. The van der Waals surface area contributed by atoms with Gasteiger partial charge < -0.3 is 9.47 Å². The Balaban J connectivity index is 1.61. The summed E-state index contributed by atoms with van der Waals surface area (Å²) < 4.78 is 38.6. The van der Waals surface area contributed by atoms with Crippen LogP contribution in [0.2, 0.25) is 0 Å². The van der Waals surface area contributed by atoms with E-state index in [4.69, 9.17) is 9.47 Å². The molecule has 7 heteroatoms. The summed E-state index contributed by atoms with van der Waals surface area (Å²) in [6, 6.07) is 4.30. The molecule has 1 fully saturated rings. The molecule has 2 heterocycles. The molecule has 0 aliphatic carbocycles. The van der Waals surface area contributed by atoms with Crippen molar-refractivity contribution in [1.29, 1.82) is 0 Å². The number of ether oxygens (including phenoxy) is 2. The number of benzene rings is 1. The van der Waals surface area contributed by atoms with Crippen molar-refractivity contribution in [2.24, 2.45) is 0 Å². The fraction of sp³-hybridized carbons (Fsp3) is 0.700. The van der Waals surface area contributed by atoms with Crippen molar-refractivity contribution in [1.82, 2.24) is 9.62 Å². The molecule has 1 aromatic rings. The van der Waals surface area contributed by atoms with Gasteiger partial charge in [0.15, 0.2) is 0 Å². The third-order valence-corrected chi connectivity index (χ3v) is 6.82. The van der Waals surface area contributed by atoms with Crippen LogP contribution in [0, 0.1) is 0 Å². The molecule has 1 aromatic carbocycles. The summed E-state index contributed by atoms with van der Waals surface area (Å²) in [4.78, 5) is 2.37. The third kappa shape index (κ3) is 5.36. The van der Waals surface area contributed by atoms with E-state index in [9.17, 15) is 8.42 Å². The highest BCUT2D eigenvalue weighted by Crippen LogP contribution is 2.36. The predicted octanol–water partition coefficient (Wildman–Crippen LogP) is 2.70. The highest BCUT2D eigenvalue weighted by atomic mass is 32.2. The van der Waals surface area contributed by atoms with Crippen molar-refractivity contribution < 1.29 is 17.9 Å². The molecule has 1 N–H and O–H groups in total. The van der Waals surface area contributed by atoms with Gasteiger partial charge in [0.2, 0.25) is 10.0 Å². The summed E-state index contributed by atoms with van der Waals surface area (Å²) in [6.07, 6.45) is 3.47. The predicted molar refractivity (Wildman–Crippen MR) is 107 cm³/mol. The van der Waals surface area contributed by atoms with Gasteiger partial charge in [-0.2, -0.15) is 0 Å². The standard InChI is InChI=1S/C20H32N2O4S/c1-4-10-27(23,24)21-18-6-8-22(9-7-18)14-17-13-20-16(11-15(3)26-20)12-19(17)25-5-2/h12-13,15,18,21H,4-11,14H2,1-3H3. The lowest BCUT2D eigenvalue weighted by atomic mass is 10.0. The first-order chi connectivity index (χ1) is 12.9. The Labute approximate surface area is 163 Å². The van der Waals surface area contributed by atoms with Crippen LogP contribution >= 0.6 is 0 Å². The van der Waals surface area contributed by atoms with E-state index >= 15 is 0 Å². The highest BCUT2D eigenvalue weighted by Gasteiger charge is 2.26. The average Bonchev–Trinajstić information content (AvgIpc) is 2.95. The van der Waals surface area contributed by atoms with Crippen molar-refractivity contribution in [3.05, 3.63) is 23.3 Å². The second-order valence-corrected chi connectivity index (χ2v) is 9.49. The Kier molecular flexibility index (Phi) is 6.65. The number of piperidine rings is 1. The molecule has 0 aromatic heterocycles. The first-order valence-corrected chi connectivity index (χ1v) is 11.7. The van der Waals surface area contributed by atoms with Crippen LogP contribution < -0.4 is 14.2 Å². The minimum atomic E-state index is -3.14. The van der Waals surface area contributed by atoms with E-state index in [-0.39, 0.29) is 17.9 Å². The molecule has 152 valence electrons. The molecule has 1 saturated heterocycles. The minimum absolute atomic E-state index is 0.0494. The molecule has 0 spiro atoms.